The third kappa shape index (κ3) is 3.10. The predicted molar refractivity (Wildman–Crippen MR) is 74.2 cm³/mol. The number of aliphatic hydroxyl groups excluding tert-OH is 1. The third-order valence-corrected chi connectivity index (χ3v) is 3.98. The van der Waals surface area contributed by atoms with Crippen molar-refractivity contribution in [3.8, 4) is 0 Å². The zero-order valence-corrected chi connectivity index (χ0v) is 11.2. The minimum atomic E-state index is -0.385. The van der Waals surface area contributed by atoms with E-state index in [1.54, 1.807) is 0 Å². The Morgan fingerprint density at radius 2 is 2.11 bits per heavy atom. The predicted octanol–water partition coefficient (Wildman–Crippen LogP) is 2.05. The Bertz CT molecular complexity index is 363. The van der Waals surface area contributed by atoms with E-state index < -0.39 is 0 Å². The molecule has 1 aromatic rings. The molecule has 0 aliphatic carbocycles. The van der Waals surface area contributed by atoms with Crippen molar-refractivity contribution < 1.29 is 5.11 Å². The molecule has 1 heterocycles. The van der Waals surface area contributed by atoms with Crippen LogP contribution in [0.1, 0.15) is 43.4 Å². The lowest BCUT2D eigenvalue weighted by molar-refractivity contribution is 0.105. The fourth-order valence-electron chi connectivity index (χ4n) is 2.80. The number of hydrogen-bond donors (Lipinski definition) is 2. The van der Waals surface area contributed by atoms with E-state index >= 15 is 0 Å². The van der Waals surface area contributed by atoms with Crippen molar-refractivity contribution in [2.24, 2.45) is 5.73 Å². The number of β-amino-alcohol motifs (C(OH)–C–C–N with tert-alkyl or cyclic N) is 1. The molecular weight excluding hydrogens is 224 g/mol. The molecule has 1 aromatic carbocycles. The molecule has 0 saturated carbocycles. The first kappa shape index (κ1) is 13.5. The summed E-state index contributed by atoms with van der Waals surface area (Å²) >= 11 is 0. The van der Waals surface area contributed by atoms with E-state index in [1.807, 2.05) is 24.3 Å². The molecule has 3 heteroatoms. The van der Waals surface area contributed by atoms with Gasteiger partial charge in [0.05, 0.1) is 6.10 Å². The van der Waals surface area contributed by atoms with Crippen LogP contribution in [0.4, 0.5) is 0 Å². The Hall–Kier alpha value is -0.900. The Morgan fingerprint density at radius 3 is 2.72 bits per heavy atom. The molecule has 18 heavy (non-hydrogen) atoms. The first-order valence-electron chi connectivity index (χ1n) is 6.95. The number of benzene rings is 1. The second kappa shape index (κ2) is 6.32. The van der Waals surface area contributed by atoms with Gasteiger partial charge < -0.3 is 10.8 Å². The van der Waals surface area contributed by atoms with Gasteiger partial charge in [-0.1, -0.05) is 31.2 Å². The summed E-state index contributed by atoms with van der Waals surface area (Å²) in [6.07, 6.45) is 3.33. The van der Waals surface area contributed by atoms with Crippen LogP contribution in [0.15, 0.2) is 24.3 Å². The average molecular weight is 248 g/mol. The number of rotatable bonds is 5. The van der Waals surface area contributed by atoms with Crippen LogP contribution in [-0.4, -0.2) is 29.1 Å². The minimum Gasteiger partial charge on any atom is -0.387 e. The summed E-state index contributed by atoms with van der Waals surface area (Å²) in [5.74, 6) is 0. The zero-order valence-electron chi connectivity index (χ0n) is 11.2. The van der Waals surface area contributed by atoms with Crippen molar-refractivity contribution in [2.75, 3.05) is 13.1 Å². The Balaban J connectivity index is 1.95. The highest BCUT2D eigenvalue weighted by Crippen LogP contribution is 2.23. The molecule has 2 unspecified atom stereocenters. The molecule has 0 spiro atoms. The fourth-order valence-corrected chi connectivity index (χ4v) is 2.80. The summed E-state index contributed by atoms with van der Waals surface area (Å²) in [4.78, 5) is 2.42. The lowest BCUT2D eigenvalue weighted by Crippen LogP contribution is -2.32. The van der Waals surface area contributed by atoms with Gasteiger partial charge in [-0.15, -0.1) is 0 Å². The number of likely N-dealkylation sites (tertiary alicyclic amines) is 1. The van der Waals surface area contributed by atoms with Crippen LogP contribution in [0.5, 0.6) is 0 Å². The van der Waals surface area contributed by atoms with Crippen LogP contribution >= 0.6 is 0 Å². The number of aliphatic hydroxyl groups is 1. The highest BCUT2D eigenvalue weighted by Gasteiger charge is 2.24. The van der Waals surface area contributed by atoms with Crippen molar-refractivity contribution >= 4 is 0 Å². The summed E-state index contributed by atoms with van der Waals surface area (Å²) in [7, 11) is 0. The smallest absolute Gasteiger partial charge is 0.0917 e. The molecule has 0 bridgehead atoms. The van der Waals surface area contributed by atoms with Crippen LogP contribution in [0.3, 0.4) is 0 Å². The normalized spacial score (nSPS) is 22.3. The molecule has 2 atom stereocenters. The highest BCUT2D eigenvalue weighted by molar-refractivity contribution is 5.24. The average Bonchev–Trinajstić information content (AvgIpc) is 2.86. The summed E-state index contributed by atoms with van der Waals surface area (Å²) in [6, 6.07) is 8.64. The molecule has 1 saturated heterocycles. The van der Waals surface area contributed by atoms with Gasteiger partial charge in [0.25, 0.3) is 0 Å². The molecule has 2 rings (SSSR count). The lowest BCUT2D eigenvalue weighted by Gasteiger charge is -2.26. The first-order valence-corrected chi connectivity index (χ1v) is 6.95. The van der Waals surface area contributed by atoms with Crippen LogP contribution in [0.25, 0.3) is 0 Å². The third-order valence-electron chi connectivity index (χ3n) is 3.98. The van der Waals surface area contributed by atoms with Gasteiger partial charge in [-0.05, 0) is 36.9 Å². The van der Waals surface area contributed by atoms with Gasteiger partial charge in [-0.2, -0.15) is 0 Å². The van der Waals surface area contributed by atoms with Crippen molar-refractivity contribution in [3.63, 3.8) is 0 Å². The van der Waals surface area contributed by atoms with Crippen molar-refractivity contribution in [1.29, 1.82) is 0 Å². The van der Waals surface area contributed by atoms with Gasteiger partial charge in [0, 0.05) is 19.1 Å². The Kier molecular flexibility index (Phi) is 4.75. The van der Waals surface area contributed by atoms with Crippen molar-refractivity contribution in [3.05, 3.63) is 35.4 Å². The molecule has 1 aliphatic heterocycles. The molecule has 3 N–H and O–H groups in total. The molecule has 1 fully saturated rings. The van der Waals surface area contributed by atoms with Gasteiger partial charge in [-0.3, -0.25) is 4.90 Å². The van der Waals surface area contributed by atoms with E-state index in [1.165, 1.54) is 19.3 Å². The van der Waals surface area contributed by atoms with Crippen LogP contribution in [0.2, 0.25) is 0 Å². The molecule has 1 aliphatic rings. The summed E-state index contributed by atoms with van der Waals surface area (Å²) < 4.78 is 0. The Labute approximate surface area is 110 Å². The number of hydrogen-bond acceptors (Lipinski definition) is 3. The minimum absolute atomic E-state index is 0.385. The topological polar surface area (TPSA) is 49.5 Å². The molecule has 0 radical (unpaired) electrons. The quantitative estimate of drug-likeness (QED) is 0.838. The first-order chi connectivity index (χ1) is 8.74. The lowest BCUT2D eigenvalue weighted by atomic mass is 10.1. The zero-order chi connectivity index (χ0) is 13.0. The second-order valence-electron chi connectivity index (χ2n) is 5.16. The van der Waals surface area contributed by atoms with E-state index in [-0.39, 0.29) is 6.10 Å². The van der Waals surface area contributed by atoms with E-state index in [4.69, 9.17) is 5.73 Å². The second-order valence-corrected chi connectivity index (χ2v) is 5.16. The standard InChI is InChI=1S/C15H24N2O/c1-2-14-4-3-9-17(14)11-15(18)13-7-5-12(10-16)6-8-13/h5-8,14-15,18H,2-4,9-11,16H2,1H3. The molecular formula is C15H24N2O. The van der Waals surface area contributed by atoms with E-state index in [0.29, 0.717) is 12.6 Å². The number of nitrogens with zero attached hydrogens (tertiary/aromatic N) is 1. The number of nitrogens with two attached hydrogens (primary N) is 1. The van der Waals surface area contributed by atoms with Gasteiger partial charge >= 0.3 is 0 Å². The summed E-state index contributed by atoms with van der Waals surface area (Å²) in [6.45, 7) is 4.66. The molecule has 100 valence electrons. The van der Waals surface area contributed by atoms with Gasteiger partial charge in [0.2, 0.25) is 0 Å². The molecule has 3 nitrogen and oxygen atoms in total. The summed E-state index contributed by atoms with van der Waals surface area (Å²) in [5, 5.41) is 10.3. The highest BCUT2D eigenvalue weighted by atomic mass is 16.3. The van der Waals surface area contributed by atoms with E-state index in [2.05, 4.69) is 11.8 Å². The SMILES string of the molecule is CCC1CCCN1CC(O)c1ccc(CN)cc1. The van der Waals surface area contributed by atoms with Crippen molar-refractivity contribution in [1.82, 2.24) is 4.90 Å². The van der Waals surface area contributed by atoms with Crippen LogP contribution in [-0.2, 0) is 6.54 Å². The fraction of sp³-hybridized carbons (Fsp3) is 0.600. The van der Waals surface area contributed by atoms with Crippen LogP contribution in [0, 0.1) is 0 Å². The van der Waals surface area contributed by atoms with Gasteiger partial charge in [0.15, 0.2) is 0 Å². The largest absolute Gasteiger partial charge is 0.387 e. The molecule has 0 aromatic heterocycles. The van der Waals surface area contributed by atoms with Crippen molar-refractivity contribution in [2.45, 2.75) is 44.9 Å². The molecule has 0 amide bonds. The maximum atomic E-state index is 10.3. The van der Waals surface area contributed by atoms with E-state index in [9.17, 15) is 5.11 Å². The maximum absolute atomic E-state index is 10.3. The van der Waals surface area contributed by atoms with Crippen LogP contribution < -0.4 is 5.73 Å². The maximum Gasteiger partial charge on any atom is 0.0917 e. The monoisotopic (exact) mass is 248 g/mol. The van der Waals surface area contributed by atoms with Gasteiger partial charge in [0.1, 0.15) is 0 Å². The Morgan fingerprint density at radius 1 is 1.39 bits per heavy atom. The summed E-state index contributed by atoms with van der Waals surface area (Å²) in [5.41, 5.74) is 7.68. The van der Waals surface area contributed by atoms with E-state index in [0.717, 1.165) is 24.2 Å². The van der Waals surface area contributed by atoms with Gasteiger partial charge in [-0.25, -0.2) is 0 Å².